The number of carbonyl (C=O) groups excluding carboxylic acids is 1. The highest BCUT2D eigenvalue weighted by Crippen LogP contribution is 2.28. The van der Waals surface area contributed by atoms with Gasteiger partial charge in [0, 0.05) is 5.56 Å². The Hall–Kier alpha value is -1.13. The van der Waals surface area contributed by atoms with Crippen molar-refractivity contribution in [3.05, 3.63) is 50.1 Å². The van der Waals surface area contributed by atoms with Gasteiger partial charge in [0.25, 0.3) is 0 Å². The Labute approximate surface area is 125 Å². The van der Waals surface area contributed by atoms with Gasteiger partial charge in [-0.25, -0.2) is 0 Å². The zero-order valence-corrected chi connectivity index (χ0v) is 13.3. The quantitative estimate of drug-likeness (QED) is 0.738. The molecular weight excluding hydrogens is 324 g/mol. The Kier molecular flexibility index (Phi) is 4.77. The molecule has 19 heavy (non-hydrogen) atoms. The summed E-state index contributed by atoms with van der Waals surface area (Å²) in [6.07, 6.45) is 0.878. The molecule has 1 aromatic heterocycles. The second kappa shape index (κ2) is 6.35. The van der Waals surface area contributed by atoms with E-state index in [9.17, 15) is 4.79 Å². The van der Waals surface area contributed by atoms with Gasteiger partial charge in [-0.2, -0.15) is 0 Å². The molecule has 4 heteroatoms. The first-order valence-electron chi connectivity index (χ1n) is 6.20. The van der Waals surface area contributed by atoms with Crippen LogP contribution >= 0.6 is 27.3 Å². The summed E-state index contributed by atoms with van der Waals surface area (Å²) in [5.74, 6) is 0.844. The molecule has 0 aliphatic heterocycles. The van der Waals surface area contributed by atoms with Crippen molar-refractivity contribution in [2.45, 2.75) is 20.3 Å². The van der Waals surface area contributed by atoms with Gasteiger partial charge in [-0.15, -0.1) is 11.3 Å². The predicted molar refractivity (Wildman–Crippen MR) is 82.4 cm³/mol. The van der Waals surface area contributed by atoms with Crippen LogP contribution in [-0.2, 0) is 6.42 Å². The van der Waals surface area contributed by atoms with Gasteiger partial charge < -0.3 is 4.74 Å². The highest BCUT2D eigenvalue weighted by Gasteiger charge is 2.15. The topological polar surface area (TPSA) is 26.3 Å². The minimum atomic E-state index is 0.0793. The lowest BCUT2D eigenvalue weighted by molar-refractivity contribution is 0.104. The third-order valence-corrected chi connectivity index (χ3v) is 4.40. The van der Waals surface area contributed by atoms with Crippen LogP contribution in [0.1, 0.15) is 34.6 Å². The molecule has 1 aromatic carbocycles. The SMILES string of the molecule is CCOc1ccc(C(=O)c2sccc2CC)cc1Br. The Morgan fingerprint density at radius 3 is 2.74 bits per heavy atom. The van der Waals surface area contributed by atoms with E-state index in [1.54, 1.807) is 0 Å². The van der Waals surface area contributed by atoms with E-state index in [-0.39, 0.29) is 5.78 Å². The van der Waals surface area contributed by atoms with Crippen LogP contribution in [0.2, 0.25) is 0 Å². The van der Waals surface area contributed by atoms with Crippen molar-refractivity contribution in [3.8, 4) is 5.75 Å². The number of hydrogen-bond acceptors (Lipinski definition) is 3. The van der Waals surface area contributed by atoms with Crippen LogP contribution in [0, 0.1) is 0 Å². The fraction of sp³-hybridized carbons (Fsp3) is 0.267. The van der Waals surface area contributed by atoms with Crippen LogP contribution in [-0.4, -0.2) is 12.4 Å². The first-order chi connectivity index (χ1) is 9.17. The molecule has 1 heterocycles. The summed E-state index contributed by atoms with van der Waals surface area (Å²) in [7, 11) is 0. The first-order valence-corrected chi connectivity index (χ1v) is 7.88. The van der Waals surface area contributed by atoms with E-state index in [1.807, 2.05) is 36.6 Å². The molecule has 0 saturated heterocycles. The number of thiophene rings is 1. The standard InChI is InChI=1S/C15H15BrO2S/c1-3-10-7-8-19-15(10)14(17)11-5-6-13(18-4-2)12(16)9-11/h5-9H,3-4H2,1-2H3. The molecule has 2 aromatic rings. The zero-order valence-electron chi connectivity index (χ0n) is 10.9. The Bertz CT molecular complexity index is 590. The second-order valence-corrected chi connectivity index (χ2v) is 5.81. The largest absolute Gasteiger partial charge is 0.493 e. The number of carbonyl (C=O) groups is 1. The molecule has 0 aliphatic rings. The maximum atomic E-state index is 12.5. The summed E-state index contributed by atoms with van der Waals surface area (Å²) in [6.45, 7) is 4.61. The molecule has 0 spiro atoms. The number of benzene rings is 1. The van der Waals surface area contributed by atoms with Gasteiger partial charge in [0.05, 0.1) is 16.0 Å². The van der Waals surface area contributed by atoms with Crippen LogP contribution in [0.15, 0.2) is 34.1 Å². The number of rotatable bonds is 5. The average molecular weight is 339 g/mol. The fourth-order valence-electron chi connectivity index (χ4n) is 1.86. The molecule has 0 amide bonds. The predicted octanol–water partition coefficient (Wildman–Crippen LogP) is 4.70. The molecular formula is C15H15BrO2S. The van der Waals surface area contributed by atoms with E-state index in [1.165, 1.54) is 11.3 Å². The average Bonchev–Trinajstić information content (AvgIpc) is 2.88. The van der Waals surface area contributed by atoms with Crippen LogP contribution in [0.4, 0.5) is 0 Å². The van der Waals surface area contributed by atoms with Gasteiger partial charge in [0.1, 0.15) is 5.75 Å². The Morgan fingerprint density at radius 1 is 1.32 bits per heavy atom. The number of ketones is 1. The number of aryl methyl sites for hydroxylation is 1. The molecule has 0 radical (unpaired) electrons. The summed E-state index contributed by atoms with van der Waals surface area (Å²) < 4.78 is 6.27. The highest BCUT2D eigenvalue weighted by molar-refractivity contribution is 9.10. The zero-order chi connectivity index (χ0) is 13.8. The van der Waals surface area contributed by atoms with Gasteiger partial charge in [-0.1, -0.05) is 6.92 Å². The smallest absolute Gasteiger partial charge is 0.203 e. The van der Waals surface area contributed by atoms with Crippen molar-refractivity contribution >= 4 is 33.0 Å². The number of halogens is 1. The van der Waals surface area contributed by atoms with Crippen molar-refractivity contribution in [2.24, 2.45) is 0 Å². The van der Waals surface area contributed by atoms with Crippen molar-refractivity contribution in [1.82, 2.24) is 0 Å². The molecule has 0 fully saturated rings. The minimum absolute atomic E-state index is 0.0793. The third-order valence-electron chi connectivity index (χ3n) is 2.83. The first kappa shape index (κ1) is 14.3. The van der Waals surface area contributed by atoms with Crippen molar-refractivity contribution in [3.63, 3.8) is 0 Å². The molecule has 0 aliphatic carbocycles. The van der Waals surface area contributed by atoms with E-state index in [0.29, 0.717) is 12.2 Å². The lowest BCUT2D eigenvalue weighted by Crippen LogP contribution is -2.02. The summed E-state index contributed by atoms with van der Waals surface area (Å²) in [5.41, 5.74) is 1.80. The molecule has 2 rings (SSSR count). The van der Waals surface area contributed by atoms with E-state index in [2.05, 4.69) is 22.9 Å². The van der Waals surface area contributed by atoms with Gasteiger partial charge >= 0.3 is 0 Å². The van der Waals surface area contributed by atoms with Crippen LogP contribution in [0.5, 0.6) is 5.75 Å². The maximum Gasteiger partial charge on any atom is 0.203 e. The van der Waals surface area contributed by atoms with Crippen molar-refractivity contribution in [2.75, 3.05) is 6.61 Å². The molecule has 0 bridgehead atoms. The van der Waals surface area contributed by atoms with E-state index >= 15 is 0 Å². The van der Waals surface area contributed by atoms with Crippen LogP contribution < -0.4 is 4.74 Å². The van der Waals surface area contributed by atoms with Crippen molar-refractivity contribution < 1.29 is 9.53 Å². The Morgan fingerprint density at radius 2 is 2.11 bits per heavy atom. The summed E-state index contributed by atoms with van der Waals surface area (Å²) in [6, 6.07) is 7.49. The summed E-state index contributed by atoms with van der Waals surface area (Å²) in [5, 5.41) is 1.97. The van der Waals surface area contributed by atoms with E-state index in [4.69, 9.17) is 4.74 Å². The fourth-order valence-corrected chi connectivity index (χ4v) is 3.31. The molecule has 0 saturated carbocycles. The van der Waals surface area contributed by atoms with Crippen LogP contribution in [0.3, 0.4) is 0 Å². The van der Waals surface area contributed by atoms with Crippen LogP contribution in [0.25, 0.3) is 0 Å². The Balaban J connectivity index is 2.32. The third kappa shape index (κ3) is 3.07. The lowest BCUT2D eigenvalue weighted by Gasteiger charge is -2.07. The number of ether oxygens (including phenoxy) is 1. The molecule has 0 unspecified atom stereocenters. The number of hydrogen-bond donors (Lipinski definition) is 0. The summed E-state index contributed by atoms with van der Waals surface area (Å²) in [4.78, 5) is 13.3. The van der Waals surface area contributed by atoms with Gasteiger partial charge in [-0.3, -0.25) is 4.79 Å². The highest BCUT2D eigenvalue weighted by atomic mass is 79.9. The van der Waals surface area contributed by atoms with E-state index in [0.717, 1.165) is 27.1 Å². The minimum Gasteiger partial charge on any atom is -0.493 e. The summed E-state index contributed by atoms with van der Waals surface area (Å²) >= 11 is 4.94. The normalized spacial score (nSPS) is 10.5. The monoisotopic (exact) mass is 338 g/mol. The molecule has 0 atom stereocenters. The van der Waals surface area contributed by atoms with E-state index < -0.39 is 0 Å². The molecule has 100 valence electrons. The van der Waals surface area contributed by atoms with Gasteiger partial charge in [0.2, 0.25) is 5.78 Å². The van der Waals surface area contributed by atoms with Gasteiger partial charge in [0.15, 0.2) is 0 Å². The lowest BCUT2D eigenvalue weighted by atomic mass is 10.1. The second-order valence-electron chi connectivity index (χ2n) is 4.04. The maximum absolute atomic E-state index is 12.5. The van der Waals surface area contributed by atoms with Gasteiger partial charge in [-0.05, 0) is 64.5 Å². The molecule has 2 nitrogen and oxygen atoms in total. The van der Waals surface area contributed by atoms with Crippen molar-refractivity contribution in [1.29, 1.82) is 0 Å². The molecule has 0 N–H and O–H groups in total.